The molecule has 0 aromatic heterocycles. The Kier molecular flexibility index (Phi) is 5.29. The zero-order valence-corrected chi connectivity index (χ0v) is 9.32. The topological polar surface area (TPSA) is 95.9 Å². The minimum atomic E-state index is -4.40. The SMILES string of the molecule is COC(=O)[C@H](CC(C)C)NP(=O)(O)O. The van der Waals surface area contributed by atoms with Crippen LogP contribution in [-0.2, 0) is 14.1 Å². The van der Waals surface area contributed by atoms with Crippen LogP contribution < -0.4 is 5.09 Å². The third kappa shape index (κ3) is 6.10. The van der Waals surface area contributed by atoms with Gasteiger partial charge >= 0.3 is 13.7 Å². The Morgan fingerprint density at radius 1 is 1.50 bits per heavy atom. The summed E-state index contributed by atoms with van der Waals surface area (Å²) in [5.74, 6) is -0.528. The third-order valence-corrected chi connectivity index (χ3v) is 2.16. The summed E-state index contributed by atoms with van der Waals surface area (Å²) >= 11 is 0. The van der Waals surface area contributed by atoms with Crippen molar-refractivity contribution in [3.8, 4) is 0 Å². The molecule has 0 aliphatic rings. The summed E-state index contributed by atoms with van der Waals surface area (Å²) in [5, 5.41) is 1.93. The number of methoxy groups -OCH3 is 1. The van der Waals surface area contributed by atoms with Gasteiger partial charge in [-0.1, -0.05) is 13.8 Å². The maximum Gasteiger partial charge on any atom is 0.401 e. The molecule has 0 aliphatic carbocycles. The lowest BCUT2D eigenvalue weighted by molar-refractivity contribution is -0.143. The smallest absolute Gasteiger partial charge is 0.401 e. The van der Waals surface area contributed by atoms with Crippen LogP contribution in [0.25, 0.3) is 0 Å². The van der Waals surface area contributed by atoms with Crippen molar-refractivity contribution in [3.63, 3.8) is 0 Å². The minimum Gasteiger partial charge on any atom is -0.468 e. The third-order valence-electron chi connectivity index (χ3n) is 1.52. The highest BCUT2D eigenvalue weighted by Crippen LogP contribution is 2.30. The molecule has 14 heavy (non-hydrogen) atoms. The summed E-state index contributed by atoms with van der Waals surface area (Å²) in [6, 6.07) is -0.958. The molecule has 0 heterocycles. The first-order valence-electron chi connectivity index (χ1n) is 4.17. The lowest BCUT2D eigenvalue weighted by Gasteiger charge is -2.18. The van der Waals surface area contributed by atoms with Crippen molar-refractivity contribution in [3.05, 3.63) is 0 Å². The molecule has 7 heteroatoms. The molecule has 0 amide bonds. The van der Waals surface area contributed by atoms with Crippen LogP contribution >= 0.6 is 7.75 Å². The predicted molar refractivity (Wildman–Crippen MR) is 50.4 cm³/mol. The average molecular weight is 225 g/mol. The molecule has 0 rings (SSSR count). The van der Waals surface area contributed by atoms with E-state index in [0.29, 0.717) is 6.42 Å². The lowest BCUT2D eigenvalue weighted by Crippen LogP contribution is -2.36. The molecule has 84 valence electrons. The van der Waals surface area contributed by atoms with E-state index in [1.54, 1.807) is 0 Å². The standard InChI is InChI=1S/C7H16NO5P/c1-5(2)4-6(7(9)13-3)8-14(10,11)12/h5-6H,4H2,1-3H3,(H3,8,10,11,12)/t6-/m0/s1. The molecule has 0 aliphatic heterocycles. The number of carbonyl (C=O) groups excluding carboxylic acids is 1. The van der Waals surface area contributed by atoms with Crippen LogP contribution in [0.15, 0.2) is 0 Å². The van der Waals surface area contributed by atoms with Crippen LogP contribution in [0, 0.1) is 5.92 Å². The molecule has 0 aromatic carbocycles. The Balaban J connectivity index is 4.40. The fraction of sp³-hybridized carbons (Fsp3) is 0.857. The Morgan fingerprint density at radius 2 is 2.00 bits per heavy atom. The quantitative estimate of drug-likeness (QED) is 0.458. The number of esters is 1. The van der Waals surface area contributed by atoms with Crippen LogP contribution in [-0.4, -0.2) is 28.9 Å². The summed E-state index contributed by atoms with van der Waals surface area (Å²) < 4.78 is 15.0. The summed E-state index contributed by atoms with van der Waals surface area (Å²) in [6.07, 6.45) is 0.317. The van der Waals surface area contributed by atoms with E-state index in [1.807, 2.05) is 18.9 Å². The Hall–Kier alpha value is -0.420. The van der Waals surface area contributed by atoms with Crippen molar-refractivity contribution in [1.29, 1.82) is 0 Å². The molecule has 0 aromatic rings. The fourth-order valence-electron chi connectivity index (χ4n) is 1.02. The molecule has 6 nitrogen and oxygen atoms in total. The number of rotatable bonds is 5. The maximum absolute atomic E-state index is 11.1. The highest BCUT2D eigenvalue weighted by atomic mass is 31.2. The molecular formula is C7H16NO5P. The first-order chi connectivity index (χ1) is 6.26. The van der Waals surface area contributed by atoms with Crippen LogP contribution in [0.4, 0.5) is 0 Å². The van der Waals surface area contributed by atoms with Gasteiger partial charge in [-0.25, -0.2) is 9.65 Å². The first-order valence-corrected chi connectivity index (χ1v) is 5.78. The van der Waals surface area contributed by atoms with Gasteiger partial charge in [-0.05, 0) is 12.3 Å². The zero-order chi connectivity index (χ0) is 11.4. The largest absolute Gasteiger partial charge is 0.468 e. The van der Waals surface area contributed by atoms with Crippen LogP contribution in [0.2, 0.25) is 0 Å². The van der Waals surface area contributed by atoms with Gasteiger partial charge in [-0.3, -0.25) is 4.79 Å². The fourth-order valence-corrected chi connectivity index (χ4v) is 1.64. The second kappa shape index (κ2) is 5.46. The van der Waals surface area contributed by atoms with Gasteiger partial charge < -0.3 is 14.5 Å². The van der Waals surface area contributed by atoms with Crippen molar-refractivity contribution in [2.75, 3.05) is 7.11 Å². The number of ether oxygens (including phenoxy) is 1. The van der Waals surface area contributed by atoms with Gasteiger partial charge in [-0.2, -0.15) is 0 Å². The predicted octanol–water partition coefficient (Wildman–Crippen LogP) is 0.256. The van der Waals surface area contributed by atoms with Gasteiger partial charge in [-0.15, -0.1) is 0 Å². The monoisotopic (exact) mass is 225 g/mol. The summed E-state index contributed by atoms with van der Waals surface area (Å²) in [5.41, 5.74) is 0. The second-order valence-electron chi connectivity index (χ2n) is 3.38. The van der Waals surface area contributed by atoms with Crippen molar-refractivity contribution in [2.45, 2.75) is 26.3 Å². The number of carbonyl (C=O) groups is 1. The molecule has 0 unspecified atom stereocenters. The normalized spacial score (nSPS) is 14.1. The van der Waals surface area contributed by atoms with Gasteiger partial charge in [0, 0.05) is 0 Å². The van der Waals surface area contributed by atoms with Gasteiger partial charge in [0.05, 0.1) is 7.11 Å². The van der Waals surface area contributed by atoms with Crippen LogP contribution in [0.5, 0.6) is 0 Å². The van der Waals surface area contributed by atoms with Crippen molar-refractivity contribution < 1.29 is 23.9 Å². The van der Waals surface area contributed by atoms with E-state index >= 15 is 0 Å². The Labute approximate surface area is 82.9 Å². The molecule has 0 radical (unpaired) electrons. The summed E-state index contributed by atoms with van der Waals surface area (Å²) in [7, 11) is -3.22. The molecule has 0 bridgehead atoms. The van der Waals surface area contributed by atoms with E-state index < -0.39 is 19.8 Å². The van der Waals surface area contributed by atoms with E-state index in [4.69, 9.17) is 9.79 Å². The average Bonchev–Trinajstić information content (AvgIpc) is 1.98. The van der Waals surface area contributed by atoms with E-state index in [2.05, 4.69) is 4.74 Å². The minimum absolute atomic E-state index is 0.137. The summed E-state index contributed by atoms with van der Waals surface area (Å²) in [6.45, 7) is 3.69. The van der Waals surface area contributed by atoms with Gasteiger partial charge in [0.25, 0.3) is 0 Å². The van der Waals surface area contributed by atoms with Crippen molar-refractivity contribution >= 4 is 13.7 Å². The number of nitrogens with one attached hydrogen (secondary N) is 1. The van der Waals surface area contributed by atoms with E-state index in [1.165, 1.54) is 7.11 Å². The molecule has 0 spiro atoms. The lowest BCUT2D eigenvalue weighted by atomic mass is 10.1. The first kappa shape index (κ1) is 13.6. The maximum atomic E-state index is 11.1. The zero-order valence-electron chi connectivity index (χ0n) is 8.43. The molecular weight excluding hydrogens is 209 g/mol. The highest BCUT2D eigenvalue weighted by molar-refractivity contribution is 7.49. The van der Waals surface area contributed by atoms with E-state index in [9.17, 15) is 9.36 Å². The summed E-state index contributed by atoms with van der Waals surface area (Å²) in [4.78, 5) is 28.4. The highest BCUT2D eigenvalue weighted by Gasteiger charge is 2.27. The molecule has 1 atom stereocenters. The van der Waals surface area contributed by atoms with Gasteiger partial charge in [0.1, 0.15) is 6.04 Å². The molecule has 0 saturated carbocycles. The van der Waals surface area contributed by atoms with E-state index in [-0.39, 0.29) is 5.92 Å². The van der Waals surface area contributed by atoms with Crippen LogP contribution in [0.1, 0.15) is 20.3 Å². The second-order valence-corrected chi connectivity index (χ2v) is 4.72. The molecule has 3 N–H and O–H groups in total. The van der Waals surface area contributed by atoms with Gasteiger partial charge in [0.2, 0.25) is 0 Å². The van der Waals surface area contributed by atoms with Gasteiger partial charge in [0.15, 0.2) is 0 Å². The van der Waals surface area contributed by atoms with Crippen molar-refractivity contribution in [1.82, 2.24) is 5.09 Å². The van der Waals surface area contributed by atoms with Crippen molar-refractivity contribution in [2.24, 2.45) is 5.92 Å². The van der Waals surface area contributed by atoms with Crippen LogP contribution in [0.3, 0.4) is 0 Å². The Bertz CT molecular complexity index is 236. The molecule has 0 fully saturated rings. The number of hydrogen-bond acceptors (Lipinski definition) is 3. The molecule has 0 saturated heterocycles. The van der Waals surface area contributed by atoms with E-state index in [0.717, 1.165) is 0 Å². The Morgan fingerprint density at radius 3 is 2.29 bits per heavy atom. The number of hydrogen-bond donors (Lipinski definition) is 3.